The Balaban J connectivity index is 1.83. The average molecular weight is 329 g/mol. The molecule has 0 saturated carbocycles. The summed E-state index contributed by atoms with van der Waals surface area (Å²) in [5.74, 6) is -0.227. The highest BCUT2D eigenvalue weighted by atomic mass is 16.6. The van der Waals surface area contributed by atoms with E-state index in [0.29, 0.717) is 0 Å². The molecule has 128 valence electrons. The number of rotatable bonds is 2. The maximum Gasteiger partial charge on any atom is 0.331 e. The van der Waals surface area contributed by atoms with Crippen molar-refractivity contribution in [2.75, 3.05) is 13.1 Å². The monoisotopic (exact) mass is 329 g/mol. The molecule has 2 N–H and O–H groups in total. The topological polar surface area (TPSA) is 79.8 Å². The zero-order valence-electron chi connectivity index (χ0n) is 14.3. The number of hydrogen-bond acceptors (Lipinski definition) is 6. The van der Waals surface area contributed by atoms with Gasteiger partial charge in [0, 0.05) is 18.5 Å². The first-order chi connectivity index (χ1) is 11.3. The second-order valence-electron chi connectivity index (χ2n) is 7.23. The molecule has 6 nitrogen and oxygen atoms in total. The van der Waals surface area contributed by atoms with E-state index in [1.54, 1.807) is 12.3 Å². The molecule has 1 fully saturated rings. The summed E-state index contributed by atoms with van der Waals surface area (Å²) >= 11 is 0. The van der Waals surface area contributed by atoms with Crippen LogP contribution >= 0.6 is 0 Å². The molecule has 2 atom stereocenters. The SMILES string of the molecule is CC(C)(C)OC(=O)/C=C/C1=CC2=C3CNCCC3C(=O)[C@@H]2NN=C1. The van der Waals surface area contributed by atoms with Crippen molar-refractivity contribution in [3.05, 3.63) is 34.9 Å². The zero-order valence-corrected chi connectivity index (χ0v) is 14.3. The van der Waals surface area contributed by atoms with Crippen molar-refractivity contribution < 1.29 is 14.3 Å². The zero-order chi connectivity index (χ0) is 17.3. The number of allylic oxidation sites excluding steroid dienone is 2. The molecule has 1 aliphatic carbocycles. The lowest BCUT2D eigenvalue weighted by Crippen LogP contribution is -2.36. The fourth-order valence-corrected chi connectivity index (χ4v) is 3.23. The first kappa shape index (κ1) is 16.6. The standard InChI is InChI=1S/C18H23N3O3/c1-18(2,3)24-15(22)5-4-11-8-13-14-10-19-7-6-12(14)17(23)16(13)21-20-9-11/h4-5,8-9,12,16,19,21H,6-7,10H2,1-3H3/b5-4+/t12?,16-/m1/s1. The Bertz CT molecular complexity index is 680. The van der Waals surface area contributed by atoms with Gasteiger partial charge in [-0.2, -0.15) is 5.10 Å². The van der Waals surface area contributed by atoms with E-state index in [2.05, 4.69) is 15.8 Å². The smallest absolute Gasteiger partial charge is 0.331 e. The van der Waals surface area contributed by atoms with Gasteiger partial charge in [0.2, 0.25) is 0 Å². The minimum absolute atomic E-state index is 0.0145. The van der Waals surface area contributed by atoms with E-state index in [-0.39, 0.29) is 17.7 Å². The summed E-state index contributed by atoms with van der Waals surface area (Å²) in [5.41, 5.74) is 5.28. The molecule has 0 aromatic heterocycles. The van der Waals surface area contributed by atoms with Gasteiger partial charge in [-0.05, 0) is 62.6 Å². The fourth-order valence-electron chi connectivity index (χ4n) is 3.23. The third kappa shape index (κ3) is 3.48. The summed E-state index contributed by atoms with van der Waals surface area (Å²) in [4.78, 5) is 24.4. The number of esters is 1. The molecular formula is C18H23N3O3. The molecule has 0 aromatic carbocycles. The van der Waals surface area contributed by atoms with Crippen LogP contribution in [0.15, 0.2) is 40.0 Å². The van der Waals surface area contributed by atoms with Crippen LogP contribution in [0.4, 0.5) is 0 Å². The number of ether oxygens (including phenoxy) is 1. The van der Waals surface area contributed by atoms with Crippen molar-refractivity contribution in [2.24, 2.45) is 11.0 Å². The molecule has 2 aliphatic heterocycles. The number of piperidine rings is 1. The van der Waals surface area contributed by atoms with Gasteiger partial charge in [-0.15, -0.1) is 0 Å². The van der Waals surface area contributed by atoms with E-state index >= 15 is 0 Å². The number of Topliss-reactive ketones (excluding diaryl/α,β-unsaturated/α-hetero) is 1. The number of carbonyl (C=O) groups is 2. The number of hydrazone groups is 1. The summed E-state index contributed by atoms with van der Waals surface area (Å²) in [7, 11) is 0. The molecule has 3 aliphatic rings. The van der Waals surface area contributed by atoms with Crippen molar-refractivity contribution >= 4 is 18.0 Å². The maximum atomic E-state index is 12.5. The van der Waals surface area contributed by atoms with E-state index in [4.69, 9.17) is 4.74 Å². The van der Waals surface area contributed by atoms with Crippen LogP contribution in [-0.4, -0.2) is 42.7 Å². The summed E-state index contributed by atoms with van der Waals surface area (Å²) in [6.07, 6.45) is 7.45. The summed E-state index contributed by atoms with van der Waals surface area (Å²) in [6.45, 7) is 7.06. The Hall–Kier alpha value is -2.21. The van der Waals surface area contributed by atoms with E-state index < -0.39 is 11.6 Å². The largest absolute Gasteiger partial charge is 0.457 e. The number of ketones is 1. The molecule has 24 heavy (non-hydrogen) atoms. The Morgan fingerprint density at radius 2 is 2.21 bits per heavy atom. The van der Waals surface area contributed by atoms with E-state index in [0.717, 1.165) is 36.2 Å². The average Bonchev–Trinajstić information content (AvgIpc) is 2.67. The van der Waals surface area contributed by atoms with Crippen LogP contribution in [0.1, 0.15) is 27.2 Å². The number of hydrogen-bond donors (Lipinski definition) is 2. The highest BCUT2D eigenvalue weighted by Crippen LogP contribution is 2.35. The molecule has 0 amide bonds. The first-order valence-corrected chi connectivity index (χ1v) is 8.24. The fraction of sp³-hybridized carbons (Fsp3) is 0.500. The Labute approximate surface area is 141 Å². The molecule has 6 heteroatoms. The van der Waals surface area contributed by atoms with Crippen LogP contribution in [-0.2, 0) is 14.3 Å². The van der Waals surface area contributed by atoms with Gasteiger partial charge in [-0.25, -0.2) is 4.79 Å². The van der Waals surface area contributed by atoms with E-state index in [9.17, 15) is 9.59 Å². The predicted octanol–water partition coefficient (Wildman–Crippen LogP) is 1.26. The van der Waals surface area contributed by atoms with Gasteiger partial charge in [0.15, 0.2) is 5.78 Å². The predicted molar refractivity (Wildman–Crippen MR) is 91.5 cm³/mol. The molecule has 1 saturated heterocycles. The van der Waals surface area contributed by atoms with Gasteiger partial charge in [0.05, 0.1) is 6.21 Å². The van der Waals surface area contributed by atoms with Crippen molar-refractivity contribution in [3.8, 4) is 0 Å². The molecule has 3 rings (SSSR count). The van der Waals surface area contributed by atoms with Crippen molar-refractivity contribution in [3.63, 3.8) is 0 Å². The molecule has 0 bridgehead atoms. The summed E-state index contributed by atoms with van der Waals surface area (Å²) < 4.78 is 5.26. The third-order valence-electron chi connectivity index (χ3n) is 4.21. The van der Waals surface area contributed by atoms with Crippen LogP contribution < -0.4 is 10.7 Å². The van der Waals surface area contributed by atoms with Crippen LogP contribution in [0.2, 0.25) is 0 Å². The highest BCUT2D eigenvalue weighted by molar-refractivity contribution is 5.98. The minimum atomic E-state index is -0.524. The normalized spacial score (nSPS) is 26.6. The number of fused-ring (bicyclic) bond motifs is 2. The molecule has 1 unspecified atom stereocenters. The molecule has 0 radical (unpaired) electrons. The van der Waals surface area contributed by atoms with Gasteiger partial charge < -0.3 is 10.1 Å². The summed E-state index contributed by atoms with van der Waals surface area (Å²) in [6, 6.07) is -0.381. The lowest BCUT2D eigenvalue weighted by molar-refractivity contribution is -0.148. The van der Waals surface area contributed by atoms with E-state index in [1.165, 1.54) is 6.08 Å². The lowest BCUT2D eigenvalue weighted by Gasteiger charge is -2.20. The van der Waals surface area contributed by atoms with Crippen molar-refractivity contribution in [2.45, 2.75) is 38.8 Å². The lowest BCUT2D eigenvalue weighted by atomic mass is 9.93. The van der Waals surface area contributed by atoms with Crippen LogP contribution in [0.3, 0.4) is 0 Å². The Kier molecular flexibility index (Phi) is 4.41. The maximum absolute atomic E-state index is 12.5. The molecular weight excluding hydrogens is 306 g/mol. The van der Waals surface area contributed by atoms with E-state index in [1.807, 2.05) is 26.8 Å². The Morgan fingerprint density at radius 1 is 1.42 bits per heavy atom. The second-order valence-corrected chi connectivity index (χ2v) is 7.23. The number of carbonyl (C=O) groups excluding carboxylic acids is 2. The molecule has 2 heterocycles. The summed E-state index contributed by atoms with van der Waals surface area (Å²) in [5, 5.41) is 7.45. The quantitative estimate of drug-likeness (QED) is 0.589. The molecule has 0 spiro atoms. The van der Waals surface area contributed by atoms with Crippen LogP contribution in [0.25, 0.3) is 0 Å². The highest BCUT2D eigenvalue weighted by Gasteiger charge is 2.41. The van der Waals surface area contributed by atoms with Crippen LogP contribution in [0, 0.1) is 5.92 Å². The van der Waals surface area contributed by atoms with Crippen molar-refractivity contribution in [1.82, 2.24) is 10.7 Å². The Morgan fingerprint density at radius 3 is 2.96 bits per heavy atom. The first-order valence-electron chi connectivity index (χ1n) is 8.24. The third-order valence-corrected chi connectivity index (χ3v) is 4.21. The van der Waals surface area contributed by atoms with Gasteiger partial charge in [-0.3, -0.25) is 10.2 Å². The number of nitrogens with one attached hydrogen (secondary N) is 2. The minimum Gasteiger partial charge on any atom is -0.457 e. The number of nitrogens with zero attached hydrogens (tertiary/aromatic N) is 1. The molecule has 0 aromatic rings. The van der Waals surface area contributed by atoms with Gasteiger partial charge in [0.1, 0.15) is 11.6 Å². The second kappa shape index (κ2) is 6.36. The van der Waals surface area contributed by atoms with Gasteiger partial charge in [-0.1, -0.05) is 0 Å². The van der Waals surface area contributed by atoms with Gasteiger partial charge in [0.25, 0.3) is 0 Å². The van der Waals surface area contributed by atoms with Crippen molar-refractivity contribution in [1.29, 1.82) is 0 Å². The van der Waals surface area contributed by atoms with Gasteiger partial charge >= 0.3 is 5.97 Å². The van der Waals surface area contributed by atoms with Crippen LogP contribution in [0.5, 0.6) is 0 Å².